The maximum atomic E-state index is 12.7. The molecule has 26 heavy (non-hydrogen) atoms. The van der Waals surface area contributed by atoms with E-state index >= 15 is 0 Å². The molecule has 0 fully saturated rings. The number of carbonyl (C=O) groups is 2. The first kappa shape index (κ1) is 18.1. The van der Waals surface area contributed by atoms with E-state index in [0.29, 0.717) is 16.9 Å². The number of aryl methyl sites for hydroxylation is 1. The summed E-state index contributed by atoms with van der Waals surface area (Å²) in [6.45, 7) is 1.72. The van der Waals surface area contributed by atoms with Gasteiger partial charge in [0.2, 0.25) is 6.10 Å². The van der Waals surface area contributed by atoms with Crippen LogP contribution in [0.5, 0.6) is 0 Å². The standard InChI is InChI=1S/C19H15IN2O4/c1-12-10-16(22-26-12)21-18(23)17(13-6-3-2-4-7-13)25-19(24)14-8-5-9-15(20)11-14/h2-11,17H,1H3,(H,21,22,23). The number of carbonyl (C=O) groups excluding carboxylic acids is 2. The van der Waals surface area contributed by atoms with Gasteiger partial charge >= 0.3 is 5.97 Å². The molecular formula is C19H15IN2O4. The fraction of sp³-hybridized carbons (Fsp3) is 0.105. The van der Waals surface area contributed by atoms with Gasteiger partial charge in [-0.3, -0.25) is 4.79 Å². The van der Waals surface area contributed by atoms with Crippen LogP contribution in [0.25, 0.3) is 0 Å². The van der Waals surface area contributed by atoms with Crippen molar-refractivity contribution >= 4 is 40.3 Å². The van der Waals surface area contributed by atoms with Crippen LogP contribution < -0.4 is 5.32 Å². The Bertz CT molecular complexity index is 924. The molecule has 0 aliphatic heterocycles. The van der Waals surface area contributed by atoms with Crippen LogP contribution in [0.15, 0.2) is 65.2 Å². The summed E-state index contributed by atoms with van der Waals surface area (Å²) >= 11 is 2.11. The van der Waals surface area contributed by atoms with Crippen LogP contribution in [0.3, 0.4) is 0 Å². The molecule has 2 aromatic carbocycles. The Balaban J connectivity index is 1.83. The molecule has 1 amide bonds. The first-order valence-corrected chi connectivity index (χ1v) is 8.86. The average Bonchev–Trinajstić information content (AvgIpc) is 3.04. The Kier molecular flexibility index (Phi) is 5.67. The number of aromatic nitrogens is 1. The normalized spacial score (nSPS) is 11.6. The highest BCUT2D eigenvalue weighted by Crippen LogP contribution is 2.22. The second kappa shape index (κ2) is 8.13. The third kappa shape index (κ3) is 4.48. The van der Waals surface area contributed by atoms with Gasteiger partial charge in [-0.25, -0.2) is 4.79 Å². The number of hydrogen-bond acceptors (Lipinski definition) is 5. The Morgan fingerprint density at radius 3 is 2.54 bits per heavy atom. The van der Waals surface area contributed by atoms with Crippen LogP contribution in [0.1, 0.15) is 27.8 Å². The quantitative estimate of drug-likeness (QED) is 0.456. The van der Waals surface area contributed by atoms with Crippen LogP contribution in [-0.2, 0) is 9.53 Å². The summed E-state index contributed by atoms with van der Waals surface area (Å²) < 4.78 is 11.3. The summed E-state index contributed by atoms with van der Waals surface area (Å²) in [6.07, 6.45) is -1.11. The van der Waals surface area contributed by atoms with Crippen LogP contribution in [-0.4, -0.2) is 17.0 Å². The van der Waals surface area contributed by atoms with Gasteiger partial charge in [-0.2, -0.15) is 0 Å². The molecule has 0 spiro atoms. The molecule has 1 N–H and O–H groups in total. The van der Waals surface area contributed by atoms with Gasteiger partial charge in [0.1, 0.15) is 5.76 Å². The minimum absolute atomic E-state index is 0.263. The highest BCUT2D eigenvalue weighted by Gasteiger charge is 2.26. The largest absolute Gasteiger partial charge is 0.444 e. The minimum Gasteiger partial charge on any atom is -0.444 e. The molecule has 6 nitrogen and oxygen atoms in total. The fourth-order valence-corrected chi connectivity index (χ4v) is 2.85. The number of rotatable bonds is 5. The summed E-state index contributed by atoms with van der Waals surface area (Å²) in [5, 5.41) is 6.34. The van der Waals surface area contributed by atoms with Crippen molar-refractivity contribution in [3.05, 3.63) is 81.1 Å². The van der Waals surface area contributed by atoms with E-state index in [9.17, 15) is 9.59 Å². The number of nitrogens with one attached hydrogen (secondary N) is 1. The van der Waals surface area contributed by atoms with Crippen molar-refractivity contribution in [1.29, 1.82) is 0 Å². The summed E-state index contributed by atoms with van der Waals surface area (Å²) in [4.78, 5) is 25.2. The van der Waals surface area contributed by atoms with E-state index < -0.39 is 18.0 Å². The Morgan fingerprint density at radius 2 is 1.88 bits per heavy atom. The molecule has 3 rings (SSSR count). The van der Waals surface area contributed by atoms with E-state index in [0.717, 1.165) is 3.57 Å². The Morgan fingerprint density at radius 1 is 1.12 bits per heavy atom. The lowest BCUT2D eigenvalue weighted by Gasteiger charge is -2.17. The molecule has 1 atom stereocenters. The molecule has 132 valence electrons. The number of anilines is 1. The van der Waals surface area contributed by atoms with Gasteiger partial charge in [-0.15, -0.1) is 0 Å². The molecule has 1 aromatic heterocycles. The topological polar surface area (TPSA) is 81.4 Å². The molecule has 0 bridgehead atoms. The van der Waals surface area contributed by atoms with Crippen molar-refractivity contribution in [2.75, 3.05) is 5.32 Å². The number of amides is 1. The van der Waals surface area contributed by atoms with Crippen LogP contribution in [0.4, 0.5) is 5.82 Å². The average molecular weight is 462 g/mol. The van der Waals surface area contributed by atoms with Gasteiger partial charge in [0.05, 0.1) is 5.56 Å². The maximum Gasteiger partial charge on any atom is 0.339 e. The second-order valence-corrected chi connectivity index (χ2v) is 6.76. The lowest BCUT2D eigenvalue weighted by atomic mass is 10.1. The first-order valence-electron chi connectivity index (χ1n) is 7.78. The Labute approximate surface area is 163 Å². The van der Waals surface area contributed by atoms with Gasteiger partial charge < -0.3 is 14.6 Å². The van der Waals surface area contributed by atoms with Crippen LogP contribution in [0, 0.1) is 10.5 Å². The molecule has 1 heterocycles. The summed E-state index contributed by atoms with van der Waals surface area (Å²) in [5.74, 6) is -0.265. The number of hydrogen-bond donors (Lipinski definition) is 1. The van der Waals surface area contributed by atoms with Crippen molar-refractivity contribution in [3.8, 4) is 0 Å². The summed E-state index contributed by atoms with van der Waals surface area (Å²) in [6, 6.07) is 17.4. The first-order chi connectivity index (χ1) is 12.5. The SMILES string of the molecule is Cc1cc(NC(=O)C(OC(=O)c2cccc(I)c2)c2ccccc2)no1. The van der Waals surface area contributed by atoms with Crippen LogP contribution in [0.2, 0.25) is 0 Å². The number of ether oxygens (including phenoxy) is 1. The number of halogens is 1. The highest BCUT2D eigenvalue weighted by atomic mass is 127. The maximum absolute atomic E-state index is 12.7. The van der Waals surface area contributed by atoms with E-state index in [1.54, 1.807) is 55.5 Å². The lowest BCUT2D eigenvalue weighted by molar-refractivity contribution is -0.125. The molecule has 0 saturated heterocycles. The van der Waals surface area contributed by atoms with Crippen molar-refractivity contribution in [1.82, 2.24) is 5.16 Å². The lowest BCUT2D eigenvalue weighted by Crippen LogP contribution is -2.26. The number of nitrogens with zero attached hydrogens (tertiary/aromatic N) is 1. The van der Waals surface area contributed by atoms with E-state index in [2.05, 4.69) is 33.1 Å². The molecular weight excluding hydrogens is 447 g/mol. The van der Waals surface area contributed by atoms with E-state index in [1.807, 2.05) is 12.1 Å². The van der Waals surface area contributed by atoms with E-state index in [1.165, 1.54) is 0 Å². The zero-order valence-electron chi connectivity index (χ0n) is 13.8. The molecule has 3 aromatic rings. The third-order valence-electron chi connectivity index (χ3n) is 3.50. The smallest absolute Gasteiger partial charge is 0.339 e. The van der Waals surface area contributed by atoms with Crippen molar-refractivity contribution in [2.45, 2.75) is 13.0 Å². The third-order valence-corrected chi connectivity index (χ3v) is 4.18. The van der Waals surface area contributed by atoms with E-state index in [4.69, 9.17) is 9.26 Å². The summed E-state index contributed by atoms with van der Waals surface area (Å²) in [7, 11) is 0. The molecule has 1 unspecified atom stereocenters. The van der Waals surface area contributed by atoms with Gasteiger partial charge in [0, 0.05) is 15.2 Å². The van der Waals surface area contributed by atoms with Crippen molar-refractivity contribution < 1.29 is 18.8 Å². The van der Waals surface area contributed by atoms with Crippen LogP contribution >= 0.6 is 22.6 Å². The zero-order valence-corrected chi connectivity index (χ0v) is 16.0. The zero-order chi connectivity index (χ0) is 18.5. The monoisotopic (exact) mass is 462 g/mol. The number of benzene rings is 2. The van der Waals surface area contributed by atoms with Crippen molar-refractivity contribution in [2.24, 2.45) is 0 Å². The highest BCUT2D eigenvalue weighted by molar-refractivity contribution is 14.1. The predicted octanol–water partition coefficient (Wildman–Crippen LogP) is 4.12. The van der Waals surface area contributed by atoms with Gasteiger partial charge in [0.15, 0.2) is 5.82 Å². The number of esters is 1. The van der Waals surface area contributed by atoms with Gasteiger partial charge in [-0.1, -0.05) is 41.6 Å². The molecule has 0 radical (unpaired) electrons. The minimum atomic E-state index is -1.11. The van der Waals surface area contributed by atoms with E-state index in [-0.39, 0.29) is 5.82 Å². The second-order valence-electron chi connectivity index (χ2n) is 5.52. The molecule has 0 aliphatic rings. The Hall–Kier alpha value is -2.68. The predicted molar refractivity (Wildman–Crippen MR) is 104 cm³/mol. The molecule has 0 saturated carbocycles. The van der Waals surface area contributed by atoms with Crippen molar-refractivity contribution in [3.63, 3.8) is 0 Å². The van der Waals surface area contributed by atoms with Gasteiger partial charge in [0.25, 0.3) is 5.91 Å². The molecule has 7 heteroatoms. The summed E-state index contributed by atoms with van der Waals surface area (Å²) in [5.41, 5.74) is 0.937. The van der Waals surface area contributed by atoms with Gasteiger partial charge in [-0.05, 0) is 47.7 Å². The fourth-order valence-electron chi connectivity index (χ4n) is 2.31. The molecule has 0 aliphatic carbocycles.